The molecule has 0 fully saturated rings. The highest BCUT2D eigenvalue weighted by Gasteiger charge is 2.27. The van der Waals surface area contributed by atoms with E-state index in [1.54, 1.807) is 13.3 Å². The van der Waals surface area contributed by atoms with Crippen molar-refractivity contribution in [3.63, 3.8) is 0 Å². The standard InChI is InChI=1S/C29H22N4O2/c1-35-24-12-10-20(11-13-24)25-18-23-7-4-16-30-28(23)31-29(25)33-27(34)15-14-26(32-33)22-9-8-19-5-2-3-6-21(19)17-22/h2-13,16-18H,14-15H2,1H3. The van der Waals surface area contributed by atoms with E-state index in [2.05, 4.69) is 35.3 Å². The third-order valence-electron chi connectivity index (χ3n) is 6.29. The molecule has 0 atom stereocenters. The van der Waals surface area contributed by atoms with E-state index in [9.17, 15) is 4.79 Å². The second-order valence-electron chi connectivity index (χ2n) is 8.45. The number of rotatable bonds is 4. The second kappa shape index (κ2) is 8.65. The van der Waals surface area contributed by atoms with Gasteiger partial charge >= 0.3 is 0 Å². The molecule has 0 bridgehead atoms. The Labute approximate surface area is 202 Å². The third-order valence-corrected chi connectivity index (χ3v) is 6.29. The Kier molecular flexibility index (Phi) is 5.19. The van der Waals surface area contributed by atoms with Crippen LogP contribution in [0.15, 0.2) is 96.2 Å². The number of nitrogens with zero attached hydrogens (tertiary/aromatic N) is 4. The van der Waals surface area contributed by atoms with E-state index >= 15 is 0 Å². The Morgan fingerprint density at radius 2 is 1.57 bits per heavy atom. The molecule has 6 heteroatoms. The molecule has 0 saturated heterocycles. The number of benzene rings is 3. The number of hydrogen-bond donors (Lipinski definition) is 0. The molecule has 5 aromatic rings. The maximum atomic E-state index is 13.1. The van der Waals surface area contributed by atoms with E-state index in [4.69, 9.17) is 14.8 Å². The van der Waals surface area contributed by atoms with Crippen LogP contribution in [0.3, 0.4) is 0 Å². The third kappa shape index (κ3) is 3.89. The van der Waals surface area contributed by atoms with Gasteiger partial charge in [0, 0.05) is 30.0 Å². The van der Waals surface area contributed by atoms with Crippen LogP contribution in [0.2, 0.25) is 0 Å². The van der Waals surface area contributed by atoms with Crippen molar-refractivity contribution < 1.29 is 9.53 Å². The molecule has 0 unspecified atom stereocenters. The largest absolute Gasteiger partial charge is 0.497 e. The lowest BCUT2D eigenvalue weighted by Crippen LogP contribution is -2.33. The summed E-state index contributed by atoms with van der Waals surface area (Å²) in [7, 11) is 1.64. The molecule has 6 nitrogen and oxygen atoms in total. The van der Waals surface area contributed by atoms with Crippen molar-refractivity contribution >= 4 is 39.2 Å². The first-order valence-electron chi connectivity index (χ1n) is 11.5. The van der Waals surface area contributed by atoms with Gasteiger partial charge in [-0.05, 0) is 58.3 Å². The summed E-state index contributed by atoms with van der Waals surface area (Å²) in [5.74, 6) is 1.15. The number of anilines is 1. The first-order valence-corrected chi connectivity index (χ1v) is 11.5. The monoisotopic (exact) mass is 458 g/mol. The van der Waals surface area contributed by atoms with E-state index in [1.807, 2.05) is 54.6 Å². The van der Waals surface area contributed by atoms with Gasteiger partial charge in [-0.3, -0.25) is 4.79 Å². The van der Waals surface area contributed by atoms with E-state index < -0.39 is 0 Å². The van der Waals surface area contributed by atoms with Gasteiger partial charge in [-0.1, -0.05) is 48.5 Å². The molecule has 6 rings (SSSR count). The highest BCUT2D eigenvalue weighted by Crippen LogP contribution is 2.35. The van der Waals surface area contributed by atoms with Crippen LogP contribution < -0.4 is 9.75 Å². The van der Waals surface area contributed by atoms with Gasteiger partial charge in [-0.25, -0.2) is 9.97 Å². The number of hydrogen-bond acceptors (Lipinski definition) is 5. The topological polar surface area (TPSA) is 67.7 Å². The molecule has 0 spiro atoms. The lowest BCUT2D eigenvalue weighted by atomic mass is 10.00. The van der Waals surface area contributed by atoms with Crippen LogP contribution >= 0.6 is 0 Å². The predicted octanol–water partition coefficient (Wildman–Crippen LogP) is 5.99. The zero-order valence-corrected chi connectivity index (χ0v) is 19.2. The van der Waals surface area contributed by atoms with Crippen molar-refractivity contribution in [1.82, 2.24) is 9.97 Å². The van der Waals surface area contributed by atoms with Gasteiger partial charge in [-0.2, -0.15) is 10.1 Å². The Balaban J connectivity index is 1.50. The van der Waals surface area contributed by atoms with Crippen molar-refractivity contribution in [3.05, 3.63) is 96.7 Å². The Hall–Kier alpha value is -4.58. The fraction of sp³-hybridized carbons (Fsp3) is 0.103. The van der Waals surface area contributed by atoms with Gasteiger partial charge in [0.05, 0.1) is 12.8 Å². The zero-order valence-electron chi connectivity index (χ0n) is 19.2. The first-order chi connectivity index (χ1) is 17.2. The number of methoxy groups -OCH3 is 1. The van der Waals surface area contributed by atoms with Crippen LogP contribution in [0.1, 0.15) is 18.4 Å². The molecule has 0 radical (unpaired) electrons. The van der Waals surface area contributed by atoms with Crippen molar-refractivity contribution in [3.8, 4) is 16.9 Å². The van der Waals surface area contributed by atoms with Crippen LogP contribution in [0, 0.1) is 0 Å². The van der Waals surface area contributed by atoms with Crippen molar-refractivity contribution in [2.24, 2.45) is 5.10 Å². The molecule has 2 aromatic heterocycles. The van der Waals surface area contributed by atoms with E-state index in [-0.39, 0.29) is 5.91 Å². The highest BCUT2D eigenvalue weighted by atomic mass is 16.5. The summed E-state index contributed by atoms with van der Waals surface area (Å²) < 4.78 is 5.32. The summed E-state index contributed by atoms with van der Waals surface area (Å²) in [4.78, 5) is 22.4. The van der Waals surface area contributed by atoms with Gasteiger partial charge in [0.1, 0.15) is 5.75 Å². The summed E-state index contributed by atoms with van der Waals surface area (Å²) in [5, 5.41) is 9.47. The Bertz CT molecular complexity index is 1610. The molecule has 1 aliphatic heterocycles. The number of fused-ring (bicyclic) bond motifs is 2. The summed E-state index contributed by atoms with van der Waals surface area (Å²) >= 11 is 0. The second-order valence-corrected chi connectivity index (χ2v) is 8.45. The Morgan fingerprint density at radius 3 is 2.40 bits per heavy atom. The predicted molar refractivity (Wildman–Crippen MR) is 139 cm³/mol. The van der Waals surface area contributed by atoms with Gasteiger partial charge in [0.15, 0.2) is 11.5 Å². The average Bonchev–Trinajstić information content (AvgIpc) is 2.92. The maximum absolute atomic E-state index is 13.1. The molecule has 0 aliphatic carbocycles. The number of aromatic nitrogens is 2. The van der Waals surface area contributed by atoms with Crippen molar-refractivity contribution in [1.29, 1.82) is 0 Å². The molecule has 35 heavy (non-hydrogen) atoms. The number of amides is 1. The summed E-state index contributed by atoms with van der Waals surface area (Å²) in [5.41, 5.74) is 4.16. The first kappa shape index (κ1) is 21.0. The van der Waals surface area contributed by atoms with E-state index in [0.29, 0.717) is 24.3 Å². The van der Waals surface area contributed by atoms with E-state index in [1.165, 1.54) is 10.4 Å². The van der Waals surface area contributed by atoms with Gasteiger partial charge in [-0.15, -0.1) is 0 Å². The van der Waals surface area contributed by atoms with Crippen molar-refractivity contribution in [2.45, 2.75) is 12.8 Å². The zero-order chi connectivity index (χ0) is 23.8. The summed E-state index contributed by atoms with van der Waals surface area (Å²) in [6.07, 6.45) is 2.64. The molecule has 0 saturated carbocycles. The molecular weight excluding hydrogens is 436 g/mol. The van der Waals surface area contributed by atoms with Crippen LogP contribution in [-0.2, 0) is 4.79 Å². The summed E-state index contributed by atoms with van der Waals surface area (Å²) in [6.45, 7) is 0. The highest BCUT2D eigenvalue weighted by molar-refractivity contribution is 6.11. The fourth-order valence-corrected chi connectivity index (χ4v) is 4.43. The number of carbonyl (C=O) groups excluding carboxylic acids is 1. The molecule has 170 valence electrons. The van der Waals surface area contributed by atoms with Crippen molar-refractivity contribution in [2.75, 3.05) is 12.1 Å². The average molecular weight is 459 g/mol. The molecule has 3 aromatic carbocycles. The molecule has 1 aliphatic rings. The number of pyridine rings is 2. The molecular formula is C29H22N4O2. The minimum Gasteiger partial charge on any atom is -0.497 e. The maximum Gasteiger partial charge on any atom is 0.249 e. The lowest BCUT2D eigenvalue weighted by molar-refractivity contribution is -0.118. The van der Waals surface area contributed by atoms with Crippen LogP contribution in [0.4, 0.5) is 5.82 Å². The molecule has 0 N–H and O–H groups in total. The van der Waals surface area contributed by atoms with E-state index in [0.717, 1.165) is 38.9 Å². The Morgan fingerprint density at radius 1 is 0.800 bits per heavy atom. The number of carbonyl (C=O) groups is 1. The van der Waals surface area contributed by atoms with Gasteiger partial charge in [0.2, 0.25) is 5.91 Å². The summed E-state index contributed by atoms with van der Waals surface area (Å²) in [6, 6.07) is 28.1. The molecule has 3 heterocycles. The number of ether oxygens (including phenoxy) is 1. The van der Waals surface area contributed by atoms with Gasteiger partial charge < -0.3 is 4.74 Å². The lowest BCUT2D eigenvalue weighted by Gasteiger charge is -2.25. The SMILES string of the molecule is COc1ccc(-c2cc3cccnc3nc2N2N=C(c3ccc4ccccc4c3)CCC2=O)cc1. The number of hydrazone groups is 1. The molecule has 1 amide bonds. The smallest absolute Gasteiger partial charge is 0.249 e. The van der Waals surface area contributed by atoms with Gasteiger partial charge in [0.25, 0.3) is 0 Å². The minimum atomic E-state index is -0.0907. The van der Waals surface area contributed by atoms with Crippen LogP contribution in [-0.4, -0.2) is 28.7 Å². The normalized spacial score (nSPS) is 13.8. The quantitative estimate of drug-likeness (QED) is 0.332. The minimum absolute atomic E-state index is 0.0907. The fourth-order valence-electron chi connectivity index (χ4n) is 4.43. The van der Waals surface area contributed by atoms with Crippen LogP contribution in [0.25, 0.3) is 32.9 Å². The van der Waals surface area contributed by atoms with Crippen LogP contribution in [0.5, 0.6) is 5.75 Å².